The van der Waals surface area contributed by atoms with Crippen LogP contribution in [0.25, 0.3) is 0 Å². The number of nitrogens with zero attached hydrogens (tertiary/aromatic N) is 4. The van der Waals surface area contributed by atoms with Gasteiger partial charge in [0, 0.05) is 64.7 Å². The van der Waals surface area contributed by atoms with E-state index in [1.165, 1.54) is 7.11 Å². The van der Waals surface area contributed by atoms with E-state index in [9.17, 15) is 4.79 Å². The summed E-state index contributed by atoms with van der Waals surface area (Å²) in [5.41, 5.74) is 1.46. The lowest BCUT2D eigenvalue weighted by molar-refractivity contribution is 0.0254. The molecular formula is C29H38N4O6. The van der Waals surface area contributed by atoms with Crippen LogP contribution in [-0.2, 0) is 9.47 Å². The Balaban J connectivity index is 1.59. The van der Waals surface area contributed by atoms with Crippen molar-refractivity contribution in [3.63, 3.8) is 0 Å². The van der Waals surface area contributed by atoms with Crippen molar-refractivity contribution in [1.82, 2.24) is 9.80 Å². The molecule has 2 aliphatic heterocycles. The van der Waals surface area contributed by atoms with Gasteiger partial charge in [-0.2, -0.15) is 0 Å². The third-order valence-corrected chi connectivity index (χ3v) is 6.85. The average molecular weight is 539 g/mol. The Labute approximate surface area is 230 Å². The number of hydrogen-bond acceptors (Lipinski definition) is 10. The van der Waals surface area contributed by atoms with Gasteiger partial charge in [-0.25, -0.2) is 4.79 Å². The summed E-state index contributed by atoms with van der Waals surface area (Å²) in [5, 5.41) is 0. The summed E-state index contributed by atoms with van der Waals surface area (Å²) in [6.45, 7) is 10.6. The fraction of sp³-hybridized carbons (Fsp3) is 0.483. The van der Waals surface area contributed by atoms with Crippen LogP contribution in [0.2, 0.25) is 0 Å². The average Bonchev–Trinajstić information content (AvgIpc) is 2.97. The second-order valence-corrected chi connectivity index (χ2v) is 9.55. The Morgan fingerprint density at radius 2 is 1.87 bits per heavy atom. The highest BCUT2D eigenvalue weighted by Gasteiger charge is 2.24. The molecule has 10 heteroatoms. The normalized spacial score (nSPS) is 17.5. The van der Waals surface area contributed by atoms with Crippen LogP contribution >= 0.6 is 0 Å². The summed E-state index contributed by atoms with van der Waals surface area (Å²) < 4.78 is 29.2. The molecule has 0 unspecified atom stereocenters. The third kappa shape index (κ3) is 7.78. The van der Waals surface area contributed by atoms with E-state index in [0.29, 0.717) is 53.9 Å². The zero-order chi connectivity index (χ0) is 27.6. The first-order valence-electron chi connectivity index (χ1n) is 13.3. The molecule has 0 N–H and O–H groups in total. The maximum atomic E-state index is 12.0. The fourth-order valence-corrected chi connectivity index (χ4v) is 4.55. The van der Waals surface area contributed by atoms with E-state index in [1.54, 1.807) is 31.3 Å². The molecule has 210 valence electrons. The highest BCUT2D eigenvalue weighted by molar-refractivity contribution is 6.03. The summed E-state index contributed by atoms with van der Waals surface area (Å²) in [7, 11) is 5.11. The van der Waals surface area contributed by atoms with Crippen LogP contribution in [-0.4, -0.2) is 108 Å². The first-order chi connectivity index (χ1) is 19.0. The number of ether oxygens (including phenoxy) is 5. The van der Waals surface area contributed by atoms with Gasteiger partial charge in [0.05, 0.1) is 31.6 Å². The van der Waals surface area contributed by atoms with E-state index in [1.807, 2.05) is 12.1 Å². The molecule has 0 spiro atoms. The van der Waals surface area contributed by atoms with Gasteiger partial charge < -0.3 is 28.6 Å². The number of aliphatic imine (C=N–C) groups is 2. The Kier molecular flexibility index (Phi) is 10.3. The minimum absolute atomic E-state index is 0.0310. The molecule has 0 aliphatic carbocycles. The van der Waals surface area contributed by atoms with Crippen LogP contribution in [0.3, 0.4) is 0 Å². The molecule has 39 heavy (non-hydrogen) atoms. The van der Waals surface area contributed by atoms with Crippen LogP contribution in [0.1, 0.15) is 28.8 Å². The van der Waals surface area contributed by atoms with Gasteiger partial charge in [-0.1, -0.05) is 6.07 Å². The maximum Gasteiger partial charge on any atom is 0.337 e. The quantitative estimate of drug-likeness (QED) is 0.258. The Bertz CT molecular complexity index is 1160. The van der Waals surface area contributed by atoms with Crippen LogP contribution in [0.5, 0.6) is 17.2 Å². The van der Waals surface area contributed by atoms with Crippen molar-refractivity contribution < 1.29 is 28.5 Å². The van der Waals surface area contributed by atoms with Crippen LogP contribution in [0, 0.1) is 0 Å². The summed E-state index contributed by atoms with van der Waals surface area (Å²) in [4.78, 5) is 25.4. The monoisotopic (exact) mass is 538 g/mol. The lowest BCUT2D eigenvalue weighted by Gasteiger charge is -2.32. The van der Waals surface area contributed by atoms with Gasteiger partial charge >= 0.3 is 5.97 Å². The molecule has 0 radical (unpaired) electrons. The molecular weight excluding hydrogens is 500 g/mol. The van der Waals surface area contributed by atoms with Crippen molar-refractivity contribution in [3.8, 4) is 17.2 Å². The SMILES string of the molecule is C=Nc1cc(OCCN2CCN(C)CC2)cc(OC2CCOCC2)c1/C(=N\C)Oc1cccc(C(=O)OC)c1. The molecule has 0 bridgehead atoms. The highest BCUT2D eigenvalue weighted by Crippen LogP contribution is 2.37. The number of carbonyl (C=O) groups is 1. The van der Waals surface area contributed by atoms with E-state index in [0.717, 1.165) is 45.6 Å². The molecule has 2 aromatic rings. The largest absolute Gasteiger partial charge is 0.492 e. The van der Waals surface area contributed by atoms with Gasteiger partial charge in [0.2, 0.25) is 5.90 Å². The van der Waals surface area contributed by atoms with E-state index in [2.05, 4.69) is 33.5 Å². The van der Waals surface area contributed by atoms with Crippen LogP contribution in [0.15, 0.2) is 46.4 Å². The summed E-state index contributed by atoms with van der Waals surface area (Å²) in [5.74, 6) is 1.44. The van der Waals surface area contributed by atoms with Gasteiger partial charge in [-0.3, -0.25) is 14.9 Å². The number of esters is 1. The predicted molar refractivity (Wildman–Crippen MR) is 150 cm³/mol. The van der Waals surface area contributed by atoms with E-state index in [-0.39, 0.29) is 12.0 Å². The number of piperazine rings is 1. The van der Waals surface area contributed by atoms with Crippen molar-refractivity contribution >= 4 is 24.3 Å². The summed E-state index contributed by atoms with van der Waals surface area (Å²) in [6.07, 6.45) is 1.51. The minimum Gasteiger partial charge on any atom is -0.492 e. The number of hydrogen-bond donors (Lipinski definition) is 0. The molecule has 2 fully saturated rings. The smallest absolute Gasteiger partial charge is 0.337 e. The Morgan fingerprint density at radius 3 is 2.56 bits per heavy atom. The number of likely N-dealkylation sites (N-methyl/N-ethyl adjacent to an activating group) is 1. The Morgan fingerprint density at radius 1 is 1.10 bits per heavy atom. The van der Waals surface area contributed by atoms with E-state index in [4.69, 9.17) is 23.7 Å². The molecule has 2 aliphatic rings. The number of benzene rings is 2. The second-order valence-electron chi connectivity index (χ2n) is 9.55. The van der Waals surface area contributed by atoms with Crippen molar-refractivity contribution in [2.24, 2.45) is 9.98 Å². The number of carbonyl (C=O) groups excluding carboxylic acids is 1. The van der Waals surface area contributed by atoms with Gasteiger partial charge in [0.15, 0.2) is 0 Å². The standard InChI is InChI=1S/C29H38N4O6/c1-30-25-19-24(37-17-14-33-12-10-32(3)11-13-33)20-26(38-22-8-15-36-16-9-22)27(25)28(31-2)39-23-7-5-6-21(18-23)29(34)35-4/h5-7,18-20,22H,1,8-17H2,2-4H3/b31-28+. The minimum atomic E-state index is -0.453. The zero-order valence-electron chi connectivity index (χ0n) is 23.1. The first-order valence-corrected chi connectivity index (χ1v) is 13.3. The van der Waals surface area contributed by atoms with Crippen molar-refractivity contribution in [2.45, 2.75) is 18.9 Å². The predicted octanol–water partition coefficient (Wildman–Crippen LogP) is 3.44. The zero-order valence-corrected chi connectivity index (χ0v) is 23.1. The lowest BCUT2D eigenvalue weighted by Crippen LogP contribution is -2.45. The van der Waals surface area contributed by atoms with Crippen molar-refractivity contribution in [3.05, 3.63) is 47.5 Å². The second kappa shape index (κ2) is 14.1. The first kappa shape index (κ1) is 28.5. The van der Waals surface area contributed by atoms with Crippen LogP contribution in [0.4, 0.5) is 5.69 Å². The van der Waals surface area contributed by atoms with E-state index < -0.39 is 5.97 Å². The number of methoxy groups -OCH3 is 1. The topological polar surface area (TPSA) is 94.4 Å². The fourth-order valence-electron chi connectivity index (χ4n) is 4.55. The van der Waals surface area contributed by atoms with Crippen molar-refractivity contribution in [1.29, 1.82) is 0 Å². The number of rotatable bonds is 10. The molecule has 0 atom stereocenters. The molecule has 2 heterocycles. The van der Waals surface area contributed by atoms with Crippen molar-refractivity contribution in [2.75, 3.05) is 73.7 Å². The van der Waals surface area contributed by atoms with Gasteiger partial charge in [0.25, 0.3) is 0 Å². The molecule has 10 nitrogen and oxygen atoms in total. The van der Waals surface area contributed by atoms with E-state index >= 15 is 0 Å². The molecule has 2 aromatic carbocycles. The molecule has 0 saturated carbocycles. The maximum absolute atomic E-state index is 12.0. The molecule has 4 rings (SSSR count). The highest BCUT2D eigenvalue weighted by atomic mass is 16.5. The van der Waals surface area contributed by atoms with Gasteiger partial charge in [-0.05, 0) is 32.0 Å². The summed E-state index contributed by atoms with van der Waals surface area (Å²) in [6, 6.07) is 10.4. The molecule has 0 amide bonds. The lowest BCUT2D eigenvalue weighted by atomic mass is 10.1. The third-order valence-electron chi connectivity index (χ3n) is 6.85. The molecule has 2 saturated heterocycles. The molecule has 0 aromatic heterocycles. The Hall–Kier alpha value is -3.47. The summed E-state index contributed by atoms with van der Waals surface area (Å²) >= 11 is 0. The van der Waals surface area contributed by atoms with Crippen LogP contribution < -0.4 is 14.2 Å². The van der Waals surface area contributed by atoms with Gasteiger partial charge in [-0.15, -0.1) is 0 Å². The van der Waals surface area contributed by atoms with Gasteiger partial charge in [0.1, 0.15) is 35.5 Å².